The van der Waals surface area contributed by atoms with Gasteiger partial charge in [0.05, 0.1) is 26.4 Å². The van der Waals surface area contributed by atoms with Gasteiger partial charge in [0.1, 0.15) is 6.61 Å². The van der Waals surface area contributed by atoms with Crippen LogP contribution in [0.3, 0.4) is 0 Å². The summed E-state index contributed by atoms with van der Waals surface area (Å²) in [6.45, 7) is 6.86. The molecule has 7 nitrogen and oxygen atoms in total. The number of hydrogen-bond acceptors (Lipinski definition) is 6. The van der Waals surface area contributed by atoms with Crippen molar-refractivity contribution in [3.63, 3.8) is 0 Å². The Labute approximate surface area is 196 Å². The molecular weight excluding hydrogens is 418 g/mol. The minimum Gasteiger partial charge on any atom is -0.493 e. The van der Waals surface area contributed by atoms with E-state index in [0.29, 0.717) is 26.2 Å². The summed E-state index contributed by atoms with van der Waals surface area (Å²) in [6.07, 6.45) is 1.58. The summed E-state index contributed by atoms with van der Waals surface area (Å²) in [5.74, 6) is 1.50. The number of morpholine rings is 1. The standard InChI is InChI=1S/C26H35N3O4/c1-27(19-23(30)20-29-10-9-22-5-3-4-6-24(22)29)18-21-7-8-25(26(17-21)31-2)33-16-13-28-11-14-32-15-12-28/h3-10,17,23,30H,11-16,18-20H2,1-2H3/t23-/m1/s1. The third kappa shape index (κ3) is 6.48. The predicted octanol–water partition coefficient (Wildman–Crippen LogP) is 2.85. The van der Waals surface area contributed by atoms with E-state index >= 15 is 0 Å². The fourth-order valence-electron chi connectivity index (χ4n) is 4.36. The van der Waals surface area contributed by atoms with Crippen LogP contribution < -0.4 is 9.47 Å². The third-order valence-electron chi connectivity index (χ3n) is 6.06. The first kappa shape index (κ1) is 23.6. The maximum Gasteiger partial charge on any atom is 0.161 e. The number of aliphatic hydroxyl groups is 1. The first-order valence-electron chi connectivity index (χ1n) is 11.6. The van der Waals surface area contributed by atoms with Crippen LogP contribution >= 0.6 is 0 Å². The Morgan fingerprint density at radius 1 is 1.09 bits per heavy atom. The predicted molar refractivity (Wildman–Crippen MR) is 130 cm³/mol. The number of fused-ring (bicyclic) bond motifs is 1. The molecule has 1 aliphatic heterocycles. The highest BCUT2D eigenvalue weighted by atomic mass is 16.5. The molecule has 0 amide bonds. The van der Waals surface area contributed by atoms with E-state index in [4.69, 9.17) is 14.2 Å². The van der Waals surface area contributed by atoms with E-state index in [1.165, 1.54) is 5.39 Å². The summed E-state index contributed by atoms with van der Waals surface area (Å²) < 4.78 is 19.1. The van der Waals surface area contributed by atoms with Gasteiger partial charge < -0.3 is 23.9 Å². The monoisotopic (exact) mass is 453 g/mol. The van der Waals surface area contributed by atoms with E-state index in [1.54, 1.807) is 7.11 Å². The number of aliphatic hydroxyl groups excluding tert-OH is 1. The van der Waals surface area contributed by atoms with Crippen molar-refractivity contribution in [1.82, 2.24) is 14.4 Å². The fourth-order valence-corrected chi connectivity index (χ4v) is 4.36. The van der Waals surface area contributed by atoms with E-state index in [2.05, 4.69) is 38.6 Å². The Bertz CT molecular complexity index is 1020. The lowest BCUT2D eigenvalue weighted by Gasteiger charge is -2.26. The zero-order valence-electron chi connectivity index (χ0n) is 19.7. The van der Waals surface area contributed by atoms with Crippen LogP contribution in [0.2, 0.25) is 0 Å². The normalized spacial score (nSPS) is 15.8. The van der Waals surface area contributed by atoms with Crippen molar-refractivity contribution in [3.8, 4) is 11.5 Å². The molecule has 33 heavy (non-hydrogen) atoms. The second kappa shape index (κ2) is 11.5. The molecule has 1 fully saturated rings. The zero-order chi connectivity index (χ0) is 23.0. The topological polar surface area (TPSA) is 59.3 Å². The molecule has 1 aliphatic rings. The van der Waals surface area contributed by atoms with Gasteiger partial charge in [-0.1, -0.05) is 24.3 Å². The number of nitrogens with zero attached hydrogens (tertiary/aromatic N) is 3. The van der Waals surface area contributed by atoms with Crippen LogP contribution in [0.25, 0.3) is 10.9 Å². The van der Waals surface area contributed by atoms with E-state index < -0.39 is 6.10 Å². The highest BCUT2D eigenvalue weighted by molar-refractivity contribution is 5.79. The van der Waals surface area contributed by atoms with Gasteiger partial charge in [0.2, 0.25) is 0 Å². The Balaban J connectivity index is 1.27. The lowest BCUT2D eigenvalue weighted by atomic mass is 10.2. The molecule has 2 aromatic carbocycles. The number of para-hydroxylation sites is 1. The molecule has 1 aromatic heterocycles. The van der Waals surface area contributed by atoms with Crippen molar-refractivity contribution in [2.45, 2.75) is 19.2 Å². The van der Waals surface area contributed by atoms with Gasteiger partial charge in [-0.15, -0.1) is 0 Å². The molecule has 0 aliphatic carbocycles. The summed E-state index contributed by atoms with van der Waals surface area (Å²) in [4.78, 5) is 4.48. The quantitative estimate of drug-likeness (QED) is 0.482. The van der Waals surface area contributed by atoms with Crippen molar-refractivity contribution in [2.24, 2.45) is 0 Å². The molecule has 178 valence electrons. The number of likely N-dealkylation sites (N-methyl/N-ethyl adjacent to an activating group) is 1. The van der Waals surface area contributed by atoms with Gasteiger partial charge in [-0.2, -0.15) is 0 Å². The highest BCUT2D eigenvalue weighted by Gasteiger charge is 2.14. The van der Waals surface area contributed by atoms with Gasteiger partial charge in [0.25, 0.3) is 0 Å². The molecule has 1 atom stereocenters. The number of benzene rings is 2. The third-order valence-corrected chi connectivity index (χ3v) is 6.06. The number of aromatic nitrogens is 1. The zero-order valence-corrected chi connectivity index (χ0v) is 19.7. The minimum atomic E-state index is -0.463. The molecule has 1 N–H and O–H groups in total. The molecule has 7 heteroatoms. The van der Waals surface area contributed by atoms with Gasteiger partial charge >= 0.3 is 0 Å². The summed E-state index contributed by atoms with van der Waals surface area (Å²) in [6, 6.07) is 16.4. The van der Waals surface area contributed by atoms with E-state index in [1.807, 2.05) is 37.5 Å². The largest absolute Gasteiger partial charge is 0.493 e. The number of ether oxygens (including phenoxy) is 3. The van der Waals surface area contributed by atoms with Crippen molar-refractivity contribution in [3.05, 3.63) is 60.3 Å². The van der Waals surface area contributed by atoms with Gasteiger partial charge in [-0.05, 0) is 42.3 Å². The molecule has 3 aromatic rings. The molecule has 4 rings (SSSR count). The van der Waals surface area contributed by atoms with Crippen LogP contribution in [0.15, 0.2) is 54.7 Å². The Hall–Kier alpha value is -2.58. The molecule has 0 unspecified atom stereocenters. The van der Waals surface area contributed by atoms with Gasteiger partial charge in [-0.3, -0.25) is 9.80 Å². The Morgan fingerprint density at radius 3 is 2.73 bits per heavy atom. The minimum absolute atomic E-state index is 0.463. The number of methoxy groups -OCH3 is 1. The lowest BCUT2D eigenvalue weighted by molar-refractivity contribution is 0.0321. The van der Waals surface area contributed by atoms with Crippen molar-refractivity contribution in [2.75, 3.05) is 60.2 Å². The Kier molecular flexibility index (Phi) is 8.23. The van der Waals surface area contributed by atoms with Gasteiger partial charge in [0.15, 0.2) is 11.5 Å². The number of hydrogen-bond donors (Lipinski definition) is 1. The maximum atomic E-state index is 10.7. The summed E-state index contributed by atoms with van der Waals surface area (Å²) in [7, 11) is 3.69. The lowest BCUT2D eigenvalue weighted by Crippen LogP contribution is -2.38. The molecule has 0 saturated carbocycles. The summed E-state index contributed by atoms with van der Waals surface area (Å²) >= 11 is 0. The Morgan fingerprint density at radius 2 is 1.91 bits per heavy atom. The van der Waals surface area contributed by atoms with Crippen LogP contribution in [-0.2, 0) is 17.8 Å². The smallest absolute Gasteiger partial charge is 0.161 e. The molecule has 1 saturated heterocycles. The second-order valence-electron chi connectivity index (χ2n) is 8.67. The first-order valence-corrected chi connectivity index (χ1v) is 11.6. The summed E-state index contributed by atoms with van der Waals surface area (Å²) in [5, 5.41) is 11.9. The van der Waals surface area contributed by atoms with E-state index in [9.17, 15) is 5.11 Å². The summed E-state index contributed by atoms with van der Waals surface area (Å²) in [5.41, 5.74) is 2.27. The van der Waals surface area contributed by atoms with Gasteiger partial charge in [-0.25, -0.2) is 0 Å². The first-order chi connectivity index (χ1) is 16.1. The van der Waals surface area contributed by atoms with Gasteiger partial charge in [0, 0.05) is 51.0 Å². The van der Waals surface area contributed by atoms with E-state index in [0.717, 1.165) is 55.4 Å². The second-order valence-corrected chi connectivity index (χ2v) is 8.67. The average Bonchev–Trinajstić information content (AvgIpc) is 3.23. The molecular formula is C26H35N3O4. The molecule has 0 spiro atoms. The fraction of sp³-hybridized carbons (Fsp3) is 0.462. The average molecular weight is 454 g/mol. The highest BCUT2D eigenvalue weighted by Crippen LogP contribution is 2.28. The van der Waals surface area contributed by atoms with Crippen LogP contribution in [0, 0.1) is 0 Å². The van der Waals surface area contributed by atoms with Crippen molar-refractivity contribution < 1.29 is 19.3 Å². The number of rotatable bonds is 11. The van der Waals surface area contributed by atoms with Crippen molar-refractivity contribution >= 4 is 10.9 Å². The van der Waals surface area contributed by atoms with Crippen LogP contribution in [0.4, 0.5) is 0 Å². The SMILES string of the molecule is COc1cc(CN(C)C[C@@H](O)Cn2ccc3ccccc32)ccc1OCCN1CCOCC1. The van der Waals surface area contributed by atoms with Crippen LogP contribution in [0.1, 0.15) is 5.56 Å². The molecule has 0 radical (unpaired) electrons. The van der Waals surface area contributed by atoms with Crippen LogP contribution in [-0.4, -0.2) is 85.7 Å². The van der Waals surface area contributed by atoms with Crippen LogP contribution in [0.5, 0.6) is 11.5 Å². The van der Waals surface area contributed by atoms with E-state index in [-0.39, 0.29) is 0 Å². The molecule has 0 bridgehead atoms. The van der Waals surface area contributed by atoms with Crippen molar-refractivity contribution in [1.29, 1.82) is 0 Å². The molecule has 2 heterocycles. The maximum absolute atomic E-state index is 10.7.